The number of hydrogen-bond acceptors (Lipinski definition) is 5. The van der Waals surface area contributed by atoms with E-state index in [0.717, 1.165) is 0 Å². The zero-order valence-corrected chi connectivity index (χ0v) is 16.3. The number of ketones is 1. The van der Waals surface area contributed by atoms with Crippen molar-refractivity contribution in [3.8, 4) is 17.2 Å². The van der Waals surface area contributed by atoms with Crippen LogP contribution < -0.4 is 14.2 Å². The Balaban J connectivity index is 1.57. The molecule has 6 heteroatoms. The van der Waals surface area contributed by atoms with E-state index in [9.17, 15) is 14.0 Å². The molecule has 0 saturated carbocycles. The number of halogens is 1. The van der Waals surface area contributed by atoms with E-state index in [2.05, 4.69) is 0 Å². The zero-order valence-electron chi connectivity index (χ0n) is 16.3. The predicted molar refractivity (Wildman–Crippen MR) is 108 cm³/mol. The molecule has 4 rings (SSSR count). The number of esters is 1. The van der Waals surface area contributed by atoms with Crippen LogP contribution in [0.25, 0.3) is 6.08 Å². The molecular weight excluding hydrogens is 387 g/mol. The standard InChI is InChI=1S/C24H17FO5/c1-14-11-19(29-24(27)16-5-9-18(28-2)10-6-16)13-20-22(14)23(26)21(30-20)12-15-3-7-17(25)8-4-15/h3-13H,1-2H3/b21-12-. The number of hydrogen-bond donors (Lipinski definition) is 0. The summed E-state index contributed by atoms with van der Waals surface area (Å²) in [5, 5.41) is 0. The minimum absolute atomic E-state index is 0.123. The van der Waals surface area contributed by atoms with Crippen LogP contribution in [0.4, 0.5) is 4.39 Å². The molecule has 0 N–H and O–H groups in total. The van der Waals surface area contributed by atoms with Crippen molar-refractivity contribution < 1.29 is 28.2 Å². The molecule has 1 aliphatic rings. The molecule has 5 nitrogen and oxygen atoms in total. The zero-order chi connectivity index (χ0) is 21.3. The maximum Gasteiger partial charge on any atom is 0.343 e. The number of rotatable bonds is 4. The molecule has 3 aromatic carbocycles. The van der Waals surface area contributed by atoms with Crippen LogP contribution >= 0.6 is 0 Å². The first kappa shape index (κ1) is 19.4. The van der Waals surface area contributed by atoms with Crippen molar-refractivity contribution in [3.05, 3.63) is 94.5 Å². The molecule has 0 spiro atoms. The van der Waals surface area contributed by atoms with Gasteiger partial charge in [-0.1, -0.05) is 12.1 Å². The highest BCUT2D eigenvalue weighted by molar-refractivity contribution is 6.15. The summed E-state index contributed by atoms with van der Waals surface area (Å²) in [7, 11) is 1.54. The van der Waals surface area contributed by atoms with Crippen LogP contribution in [0.5, 0.6) is 17.2 Å². The minimum atomic E-state index is -0.539. The van der Waals surface area contributed by atoms with Gasteiger partial charge in [0.05, 0.1) is 18.2 Å². The van der Waals surface area contributed by atoms with Gasteiger partial charge in [0.15, 0.2) is 5.76 Å². The van der Waals surface area contributed by atoms with Crippen LogP contribution in [0.3, 0.4) is 0 Å². The Bertz CT molecular complexity index is 1160. The Labute approximate surface area is 172 Å². The number of allylic oxidation sites excluding steroid dienone is 1. The molecule has 1 heterocycles. The van der Waals surface area contributed by atoms with E-state index in [4.69, 9.17) is 14.2 Å². The molecule has 0 aromatic heterocycles. The smallest absolute Gasteiger partial charge is 0.343 e. The lowest BCUT2D eigenvalue weighted by Gasteiger charge is -2.08. The first-order valence-electron chi connectivity index (χ1n) is 9.15. The van der Waals surface area contributed by atoms with Crippen LogP contribution in [0, 0.1) is 12.7 Å². The molecule has 150 valence electrons. The Hall–Kier alpha value is -3.93. The van der Waals surface area contributed by atoms with Crippen molar-refractivity contribution in [2.24, 2.45) is 0 Å². The maximum absolute atomic E-state index is 13.1. The molecule has 0 fully saturated rings. The molecule has 0 bridgehead atoms. The number of carbonyl (C=O) groups excluding carboxylic acids is 2. The number of methoxy groups -OCH3 is 1. The second kappa shape index (κ2) is 7.83. The molecule has 0 atom stereocenters. The Kier molecular flexibility index (Phi) is 5.06. The molecule has 0 aliphatic carbocycles. The van der Waals surface area contributed by atoms with Gasteiger partial charge in [0.25, 0.3) is 0 Å². The number of aryl methyl sites for hydroxylation is 1. The SMILES string of the molecule is COc1ccc(C(=O)Oc2cc(C)c3c(c2)O/C(=C\c2ccc(F)cc2)C3=O)cc1. The number of benzene rings is 3. The van der Waals surface area contributed by atoms with Gasteiger partial charge in [-0.2, -0.15) is 0 Å². The van der Waals surface area contributed by atoms with Crippen molar-refractivity contribution in [1.29, 1.82) is 0 Å². The Morgan fingerprint density at radius 1 is 1.00 bits per heavy atom. The third-order valence-corrected chi connectivity index (χ3v) is 4.65. The highest BCUT2D eigenvalue weighted by atomic mass is 19.1. The van der Waals surface area contributed by atoms with Crippen molar-refractivity contribution >= 4 is 17.8 Å². The lowest BCUT2D eigenvalue weighted by atomic mass is 10.0. The van der Waals surface area contributed by atoms with Crippen molar-refractivity contribution in [2.45, 2.75) is 6.92 Å². The van der Waals surface area contributed by atoms with Gasteiger partial charge in [0, 0.05) is 6.07 Å². The van der Waals surface area contributed by atoms with E-state index < -0.39 is 5.97 Å². The largest absolute Gasteiger partial charge is 0.497 e. The third-order valence-electron chi connectivity index (χ3n) is 4.65. The second-order valence-corrected chi connectivity index (χ2v) is 6.72. The van der Waals surface area contributed by atoms with Crippen molar-refractivity contribution in [2.75, 3.05) is 7.11 Å². The summed E-state index contributed by atoms with van der Waals surface area (Å²) in [6, 6.07) is 15.4. The Morgan fingerprint density at radius 2 is 1.70 bits per heavy atom. The fourth-order valence-electron chi connectivity index (χ4n) is 3.14. The van der Waals surface area contributed by atoms with Crippen LogP contribution in [0.1, 0.15) is 31.8 Å². The van der Waals surface area contributed by atoms with Gasteiger partial charge in [0.1, 0.15) is 23.1 Å². The average Bonchev–Trinajstić information content (AvgIpc) is 3.05. The lowest BCUT2D eigenvalue weighted by molar-refractivity contribution is 0.0734. The van der Waals surface area contributed by atoms with Gasteiger partial charge in [-0.05, 0) is 66.6 Å². The van der Waals surface area contributed by atoms with E-state index in [0.29, 0.717) is 33.8 Å². The normalized spacial score (nSPS) is 13.7. The molecule has 3 aromatic rings. The predicted octanol–water partition coefficient (Wildman–Crippen LogP) is 4.98. The van der Waals surface area contributed by atoms with Gasteiger partial charge in [-0.15, -0.1) is 0 Å². The number of carbonyl (C=O) groups is 2. The topological polar surface area (TPSA) is 61.8 Å². The fourth-order valence-corrected chi connectivity index (χ4v) is 3.14. The molecule has 0 unspecified atom stereocenters. The van der Waals surface area contributed by atoms with Gasteiger partial charge in [0.2, 0.25) is 5.78 Å². The Morgan fingerprint density at radius 3 is 2.37 bits per heavy atom. The quantitative estimate of drug-likeness (QED) is 0.349. The van der Waals surface area contributed by atoms with E-state index in [1.54, 1.807) is 62.6 Å². The minimum Gasteiger partial charge on any atom is -0.497 e. The number of fused-ring (bicyclic) bond motifs is 1. The summed E-state index contributed by atoms with van der Waals surface area (Å²) in [6.45, 7) is 1.74. The maximum atomic E-state index is 13.1. The third kappa shape index (κ3) is 3.80. The summed E-state index contributed by atoms with van der Waals surface area (Å²) in [6.07, 6.45) is 1.55. The van der Waals surface area contributed by atoms with E-state index in [-0.39, 0.29) is 23.1 Å². The lowest BCUT2D eigenvalue weighted by Crippen LogP contribution is -2.08. The molecule has 0 saturated heterocycles. The van der Waals surface area contributed by atoms with Crippen LogP contribution in [-0.4, -0.2) is 18.9 Å². The van der Waals surface area contributed by atoms with E-state index >= 15 is 0 Å². The first-order chi connectivity index (χ1) is 14.4. The van der Waals surface area contributed by atoms with Crippen molar-refractivity contribution in [3.63, 3.8) is 0 Å². The highest BCUT2D eigenvalue weighted by Crippen LogP contribution is 2.37. The molecular formula is C24H17FO5. The van der Waals surface area contributed by atoms with Gasteiger partial charge in [-0.3, -0.25) is 4.79 Å². The summed E-state index contributed by atoms with van der Waals surface area (Å²) in [5.74, 6) is 0.154. The fraction of sp³-hybridized carbons (Fsp3) is 0.0833. The van der Waals surface area contributed by atoms with Crippen molar-refractivity contribution in [1.82, 2.24) is 0 Å². The summed E-state index contributed by atoms with van der Waals surface area (Å²) in [5.41, 5.74) is 2.03. The van der Waals surface area contributed by atoms with Gasteiger partial charge in [-0.25, -0.2) is 9.18 Å². The van der Waals surface area contributed by atoms with Crippen LogP contribution in [-0.2, 0) is 0 Å². The summed E-state index contributed by atoms with van der Waals surface area (Å²) >= 11 is 0. The number of ether oxygens (including phenoxy) is 3. The van der Waals surface area contributed by atoms with E-state index in [1.807, 2.05) is 0 Å². The van der Waals surface area contributed by atoms with Gasteiger partial charge >= 0.3 is 5.97 Å². The molecule has 1 aliphatic heterocycles. The second-order valence-electron chi connectivity index (χ2n) is 6.72. The van der Waals surface area contributed by atoms with Gasteiger partial charge < -0.3 is 14.2 Å². The van der Waals surface area contributed by atoms with Crippen LogP contribution in [0.2, 0.25) is 0 Å². The first-order valence-corrected chi connectivity index (χ1v) is 9.15. The molecule has 0 amide bonds. The van der Waals surface area contributed by atoms with E-state index in [1.165, 1.54) is 18.2 Å². The average molecular weight is 404 g/mol. The summed E-state index contributed by atoms with van der Waals surface area (Å²) in [4.78, 5) is 25.1. The highest BCUT2D eigenvalue weighted by Gasteiger charge is 2.30. The number of Topliss-reactive ketones (excluding diaryl/α,β-unsaturated/α-hetero) is 1. The monoisotopic (exact) mass is 404 g/mol. The molecule has 0 radical (unpaired) electrons. The summed E-state index contributed by atoms with van der Waals surface area (Å²) < 4.78 is 29.3. The molecule has 30 heavy (non-hydrogen) atoms. The van der Waals surface area contributed by atoms with Crippen LogP contribution in [0.15, 0.2) is 66.4 Å².